The third-order valence-electron chi connectivity index (χ3n) is 4.71. The molecule has 1 unspecified atom stereocenters. The lowest BCUT2D eigenvalue weighted by Crippen LogP contribution is -2.39. The van der Waals surface area contributed by atoms with Crippen LogP contribution in [0.25, 0.3) is 0 Å². The molecule has 0 aliphatic heterocycles. The van der Waals surface area contributed by atoms with Crippen molar-refractivity contribution < 1.29 is 17.6 Å². The van der Waals surface area contributed by atoms with E-state index in [4.69, 9.17) is 0 Å². The van der Waals surface area contributed by atoms with Crippen molar-refractivity contribution in [1.82, 2.24) is 14.5 Å². The normalized spacial score (nSPS) is 17.0. The zero-order chi connectivity index (χ0) is 18.9. The summed E-state index contributed by atoms with van der Waals surface area (Å²) < 4.78 is 42.4. The third-order valence-corrected chi connectivity index (χ3v) is 5.91. The van der Waals surface area contributed by atoms with Crippen molar-refractivity contribution in [1.29, 1.82) is 0 Å². The number of nitrogens with one attached hydrogen (secondary N) is 1. The molecule has 1 aliphatic rings. The van der Waals surface area contributed by atoms with Gasteiger partial charge in [0.25, 0.3) is 0 Å². The topological polar surface area (TPSA) is 81.1 Å². The molecular weight excluding hydrogens is 357 g/mol. The number of benzene rings is 1. The Labute approximate surface area is 152 Å². The van der Waals surface area contributed by atoms with Crippen LogP contribution in [0.2, 0.25) is 0 Å². The van der Waals surface area contributed by atoms with Gasteiger partial charge in [-0.15, -0.1) is 0 Å². The molecule has 3 rings (SSSR count). The lowest BCUT2D eigenvalue weighted by Gasteiger charge is -2.22. The fourth-order valence-corrected chi connectivity index (χ4v) is 4.52. The molecule has 0 saturated carbocycles. The summed E-state index contributed by atoms with van der Waals surface area (Å²) in [5, 5.41) is 4.28. The van der Waals surface area contributed by atoms with Gasteiger partial charge in [-0.2, -0.15) is 5.10 Å². The minimum absolute atomic E-state index is 0.0558. The molecular formula is C18H22FN3O3S. The molecule has 0 bridgehead atoms. The van der Waals surface area contributed by atoms with E-state index in [2.05, 4.69) is 9.82 Å². The van der Waals surface area contributed by atoms with Crippen LogP contribution in [0.4, 0.5) is 4.39 Å². The smallest absolute Gasteiger partial charge is 0.239 e. The number of nitrogens with zero attached hydrogens (tertiary/aromatic N) is 2. The van der Waals surface area contributed by atoms with Gasteiger partial charge in [0.15, 0.2) is 0 Å². The standard InChI is InChI=1S/C18H22FN3O3S/c1-3-22-17-9-13(5-6-14(17)10-20-22)18(23)21-26(24,25)11-15-8-12(2)4-7-16(15)19/h4,7-8,10,13H,3,5-6,9,11H2,1-2H3,(H,21,23). The number of hydrogen-bond donors (Lipinski definition) is 1. The van der Waals surface area contributed by atoms with Crippen molar-refractivity contribution in [3.63, 3.8) is 0 Å². The molecule has 140 valence electrons. The van der Waals surface area contributed by atoms with Crippen LogP contribution in [0.1, 0.15) is 35.7 Å². The molecule has 0 spiro atoms. The summed E-state index contributed by atoms with van der Waals surface area (Å²) in [5.74, 6) is -2.12. The van der Waals surface area contributed by atoms with Crippen LogP contribution >= 0.6 is 0 Å². The predicted octanol–water partition coefficient (Wildman–Crippen LogP) is 2.10. The summed E-state index contributed by atoms with van der Waals surface area (Å²) in [5.41, 5.74) is 2.91. The predicted molar refractivity (Wildman–Crippen MR) is 95.3 cm³/mol. The van der Waals surface area contributed by atoms with Gasteiger partial charge in [0.05, 0.1) is 11.9 Å². The highest BCUT2D eigenvalue weighted by atomic mass is 32.2. The number of aromatic nitrogens is 2. The summed E-state index contributed by atoms with van der Waals surface area (Å²) in [7, 11) is -3.96. The Bertz CT molecular complexity index is 924. The van der Waals surface area contributed by atoms with Gasteiger partial charge < -0.3 is 0 Å². The highest BCUT2D eigenvalue weighted by Gasteiger charge is 2.30. The summed E-state index contributed by atoms with van der Waals surface area (Å²) >= 11 is 0. The van der Waals surface area contributed by atoms with Gasteiger partial charge in [-0.25, -0.2) is 12.8 Å². The SMILES string of the molecule is CCn1ncc2c1CC(C(=O)NS(=O)(=O)Cc1cc(C)ccc1F)CC2. The quantitative estimate of drug-likeness (QED) is 0.863. The van der Waals surface area contributed by atoms with Crippen molar-refractivity contribution in [3.8, 4) is 0 Å². The molecule has 0 fully saturated rings. The van der Waals surface area contributed by atoms with Crippen molar-refractivity contribution in [2.45, 2.75) is 45.4 Å². The molecule has 1 aromatic heterocycles. The number of rotatable bonds is 5. The number of aryl methyl sites for hydroxylation is 3. The number of amides is 1. The van der Waals surface area contributed by atoms with E-state index in [0.29, 0.717) is 25.8 Å². The van der Waals surface area contributed by atoms with Gasteiger partial charge in [-0.3, -0.25) is 14.2 Å². The number of carbonyl (C=O) groups is 1. The summed E-state index contributed by atoms with van der Waals surface area (Å²) in [6.45, 7) is 4.43. The molecule has 1 N–H and O–H groups in total. The molecule has 6 nitrogen and oxygen atoms in total. The molecule has 26 heavy (non-hydrogen) atoms. The van der Waals surface area contributed by atoms with Crippen molar-refractivity contribution in [2.75, 3.05) is 0 Å². The van der Waals surface area contributed by atoms with Crippen LogP contribution in [-0.4, -0.2) is 24.1 Å². The second-order valence-corrected chi connectivity index (χ2v) is 8.41. The zero-order valence-electron chi connectivity index (χ0n) is 14.8. The van der Waals surface area contributed by atoms with Gasteiger partial charge in [-0.05, 0) is 38.3 Å². The highest BCUT2D eigenvalue weighted by molar-refractivity contribution is 7.89. The molecule has 0 radical (unpaired) electrons. The monoisotopic (exact) mass is 379 g/mol. The van der Waals surface area contributed by atoms with Crippen LogP contribution in [0.5, 0.6) is 0 Å². The minimum Gasteiger partial charge on any atom is -0.274 e. The second kappa shape index (κ2) is 7.19. The Morgan fingerprint density at radius 1 is 1.42 bits per heavy atom. The summed E-state index contributed by atoms with van der Waals surface area (Å²) in [6, 6.07) is 4.28. The van der Waals surface area contributed by atoms with Crippen LogP contribution in [0.3, 0.4) is 0 Å². The average Bonchev–Trinajstić information content (AvgIpc) is 2.99. The molecule has 1 atom stereocenters. The van der Waals surface area contributed by atoms with E-state index in [1.54, 1.807) is 13.0 Å². The van der Waals surface area contributed by atoms with Crippen LogP contribution in [0, 0.1) is 18.7 Å². The van der Waals surface area contributed by atoms with E-state index in [0.717, 1.165) is 16.8 Å². The molecule has 1 amide bonds. The Hall–Kier alpha value is -2.22. The van der Waals surface area contributed by atoms with Gasteiger partial charge >= 0.3 is 0 Å². The first kappa shape index (κ1) is 18.6. The maximum atomic E-state index is 13.8. The molecule has 1 heterocycles. The van der Waals surface area contributed by atoms with Crippen molar-refractivity contribution in [2.24, 2.45) is 5.92 Å². The molecule has 0 saturated heterocycles. The largest absolute Gasteiger partial charge is 0.274 e. The number of carbonyl (C=O) groups excluding carboxylic acids is 1. The first-order valence-electron chi connectivity index (χ1n) is 8.62. The lowest BCUT2D eigenvalue weighted by atomic mass is 9.87. The first-order chi connectivity index (χ1) is 12.3. The zero-order valence-corrected chi connectivity index (χ0v) is 15.6. The lowest BCUT2D eigenvalue weighted by molar-refractivity contribution is -0.123. The maximum absolute atomic E-state index is 13.8. The molecule has 1 aliphatic carbocycles. The number of fused-ring (bicyclic) bond motifs is 1. The van der Waals surface area contributed by atoms with E-state index in [1.807, 2.05) is 17.8 Å². The van der Waals surface area contributed by atoms with Gasteiger partial charge in [0.2, 0.25) is 15.9 Å². The number of halogens is 1. The van der Waals surface area contributed by atoms with E-state index >= 15 is 0 Å². The Balaban J connectivity index is 1.70. The Kier molecular flexibility index (Phi) is 5.13. The van der Waals surface area contributed by atoms with Crippen molar-refractivity contribution in [3.05, 3.63) is 52.6 Å². The van der Waals surface area contributed by atoms with Crippen molar-refractivity contribution >= 4 is 15.9 Å². The van der Waals surface area contributed by atoms with E-state index < -0.39 is 33.4 Å². The first-order valence-corrected chi connectivity index (χ1v) is 10.3. The Morgan fingerprint density at radius 2 is 2.19 bits per heavy atom. The van der Waals surface area contributed by atoms with Crippen LogP contribution in [0.15, 0.2) is 24.4 Å². The van der Waals surface area contributed by atoms with Gasteiger partial charge in [0.1, 0.15) is 5.82 Å². The van der Waals surface area contributed by atoms with Gasteiger partial charge in [0, 0.05) is 30.1 Å². The molecule has 2 aromatic rings. The average molecular weight is 379 g/mol. The minimum atomic E-state index is -3.96. The van der Waals surface area contributed by atoms with E-state index in [-0.39, 0.29) is 5.56 Å². The number of hydrogen-bond acceptors (Lipinski definition) is 4. The fraction of sp³-hybridized carbons (Fsp3) is 0.444. The third kappa shape index (κ3) is 3.95. The van der Waals surface area contributed by atoms with E-state index in [1.165, 1.54) is 12.1 Å². The maximum Gasteiger partial charge on any atom is 0.239 e. The van der Waals surface area contributed by atoms with Gasteiger partial charge in [-0.1, -0.05) is 17.7 Å². The fourth-order valence-electron chi connectivity index (χ4n) is 3.35. The summed E-state index contributed by atoms with van der Waals surface area (Å²) in [6.07, 6.45) is 3.54. The van der Waals surface area contributed by atoms with E-state index in [9.17, 15) is 17.6 Å². The number of sulfonamides is 1. The Morgan fingerprint density at radius 3 is 2.92 bits per heavy atom. The summed E-state index contributed by atoms with van der Waals surface area (Å²) in [4.78, 5) is 12.5. The highest BCUT2D eigenvalue weighted by Crippen LogP contribution is 2.26. The van der Waals surface area contributed by atoms with Crippen LogP contribution in [-0.2, 0) is 40.0 Å². The molecule has 8 heteroatoms. The molecule has 1 aromatic carbocycles. The van der Waals surface area contributed by atoms with Crippen LogP contribution < -0.4 is 4.72 Å². The second-order valence-electron chi connectivity index (χ2n) is 6.69.